The average Bonchev–Trinajstić information content (AvgIpc) is 1.81. The van der Waals surface area contributed by atoms with E-state index in [0.29, 0.717) is 0 Å². The van der Waals surface area contributed by atoms with Crippen LogP contribution in [0.5, 0.6) is 0 Å². The highest BCUT2D eigenvalue weighted by Crippen LogP contribution is 2.04. The summed E-state index contributed by atoms with van der Waals surface area (Å²) in [5.74, 6) is -1.16. The van der Waals surface area contributed by atoms with Crippen molar-refractivity contribution >= 4 is 16.0 Å². The van der Waals surface area contributed by atoms with Crippen LogP contribution in [0, 0.1) is 5.92 Å². The van der Waals surface area contributed by atoms with E-state index < -0.39 is 22.5 Å². The first-order chi connectivity index (χ1) is 5.75. The van der Waals surface area contributed by atoms with Gasteiger partial charge in [-0.05, 0) is 5.92 Å². The molecule has 0 aromatic heterocycles. The van der Waals surface area contributed by atoms with Gasteiger partial charge < -0.3 is 5.11 Å². The van der Waals surface area contributed by atoms with Gasteiger partial charge in [-0.2, -0.15) is 4.31 Å². The highest BCUT2D eigenvalue weighted by Gasteiger charge is 2.20. The van der Waals surface area contributed by atoms with E-state index in [1.54, 1.807) is 13.8 Å². The number of carboxylic acids is 1. The van der Waals surface area contributed by atoms with Gasteiger partial charge in [-0.1, -0.05) is 13.8 Å². The normalized spacial score (nSPS) is 12.4. The molecule has 0 saturated carbocycles. The monoisotopic (exact) mass is 209 g/mol. The third-order valence-corrected chi connectivity index (χ3v) is 3.54. The number of aliphatic carboxylic acids is 1. The molecule has 0 aliphatic carbocycles. The van der Waals surface area contributed by atoms with Gasteiger partial charge in [0.05, 0.1) is 5.75 Å². The summed E-state index contributed by atoms with van der Waals surface area (Å²) in [7, 11) is -2.13. The van der Waals surface area contributed by atoms with E-state index in [2.05, 4.69) is 0 Å². The Kier molecular flexibility index (Phi) is 4.35. The van der Waals surface area contributed by atoms with E-state index >= 15 is 0 Å². The summed E-state index contributed by atoms with van der Waals surface area (Å²) in [6.45, 7) is 3.06. The summed E-state index contributed by atoms with van der Waals surface area (Å²) in [6, 6.07) is 0. The summed E-state index contributed by atoms with van der Waals surface area (Å²) in [6.07, 6.45) is 0. The van der Waals surface area contributed by atoms with Gasteiger partial charge in [0, 0.05) is 7.05 Å². The van der Waals surface area contributed by atoms with Gasteiger partial charge in [0.15, 0.2) is 0 Å². The van der Waals surface area contributed by atoms with Crippen LogP contribution in [-0.4, -0.2) is 43.1 Å². The summed E-state index contributed by atoms with van der Waals surface area (Å²) in [5.41, 5.74) is 0. The fourth-order valence-electron chi connectivity index (χ4n) is 0.837. The fourth-order valence-corrected chi connectivity index (χ4v) is 2.24. The zero-order chi connectivity index (χ0) is 10.6. The van der Waals surface area contributed by atoms with Crippen molar-refractivity contribution in [3.8, 4) is 0 Å². The molecule has 0 saturated heterocycles. The lowest BCUT2D eigenvalue weighted by Gasteiger charge is -2.15. The summed E-state index contributed by atoms with van der Waals surface area (Å²) in [5, 5.41) is 8.38. The summed E-state index contributed by atoms with van der Waals surface area (Å²) in [4.78, 5) is 10.2. The van der Waals surface area contributed by atoms with Gasteiger partial charge >= 0.3 is 5.97 Å². The predicted molar refractivity (Wildman–Crippen MR) is 48.9 cm³/mol. The van der Waals surface area contributed by atoms with E-state index in [1.165, 1.54) is 7.05 Å². The van der Waals surface area contributed by atoms with Gasteiger partial charge in [-0.25, -0.2) is 8.42 Å². The number of rotatable bonds is 5. The van der Waals surface area contributed by atoms with Crippen molar-refractivity contribution < 1.29 is 18.3 Å². The number of nitrogens with zero attached hydrogens (tertiary/aromatic N) is 1. The number of carboxylic acid groups (broad SMARTS) is 1. The van der Waals surface area contributed by atoms with Crippen molar-refractivity contribution in [3.05, 3.63) is 0 Å². The van der Waals surface area contributed by atoms with E-state index in [-0.39, 0.29) is 11.7 Å². The van der Waals surface area contributed by atoms with Gasteiger partial charge in [0.1, 0.15) is 6.54 Å². The Bertz CT molecular complexity index is 270. The van der Waals surface area contributed by atoms with Crippen molar-refractivity contribution in [2.24, 2.45) is 5.92 Å². The third kappa shape index (κ3) is 4.84. The molecule has 1 N–H and O–H groups in total. The minimum absolute atomic E-state index is 0.00115. The van der Waals surface area contributed by atoms with Crippen LogP contribution >= 0.6 is 0 Å². The highest BCUT2D eigenvalue weighted by atomic mass is 32.2. The lowest BCUT2D eigenvalue weighted by Crippen LogP contribution is -2.35. The van der Waals surface area contributed by atoms with Crippen LogP contribution in [-0.2, 0) is 14.8 Å². The molecular weight excluding hydrogens is 194 g/mol. The summed E-state index contributed by atoms with van der Waals surface area (Å²) < 4.78 is 23.5. The number of likely N-dealkylation sites (N-methyl/N-ethyl adjacent to an activating group) is 1. The molecule has 13 heavy (non-hydrogen) atoms. The van der Waals surface area contributed by atoms with Crippen LogP contribution < -0.4 is 0 Å². The van der Waals surface area contributed by atoms with Gasteiger partial charge in [-0.15, -0.1) is 0 Å². The maximum absolute atomic E-state index is 11.3. The van der Waals surface area contributed by atoms with E-state index in [4.69, 9.17) is 5.11 Å². The van der Waals surface area contributed by atoms with Crippen molar-refractivity contribution in [1.82, 2.24) is 4.31 Å². The van der Waals surface area contributed by atoms with Gasteiger partial charge in [0.2, 0.25) is 10.0 Å². The molecule has 0 heterocycles. The molecule has 0 aliphatic rings. The Labute approximate surface area is 78.4 Å². The molecule has 0 bridgehead atoms. The first-order valence-corrected chi connectivity index (χ1v) is 5.52. The molecule has 6 heteroatoms. The van der Waals surface area contributed by atoms with E-state index in [0.717, 1.165) is 4.31 Å². The third-order valence-electron chi connectivity index (χ3n) is 1.38. The Morgan fingerprint density at radius 3 is 2.23 bits per heavy atom. The predicted octanol–water partition coefficient (Wildman–Crippen LogP) is -0.0114. The van der Waals surface area contributed by atoms with Crippen LogP contribution in [0.4, 0.5) is 0 Å². The number of carbonyl (C=O) groups is 1. The van der Waals surface area contributed by atoms with Gasteiger partial charge in [-0.3, -0.25) is 4.79 Å². The van der Waals surface area contributed by atoms with Crippen molar-refractivity contribution in [2.45, 2.75) is 13.8 Å². The zero-order valence-corrected chi connectivity index (χ0v) is 8.84. The molecule has 0 radical (unpaired) electrons. The molecular formula is C7H15NO4S. The quantitative estimate of drug-likeness (QED) is 0.691. The number of hydrogen-bond donors (Lipinski definition) is 1. The standard InChI is InChI=1S/C7H15NO4S/c1-6(2)5-13(11,12)8(3)4-7(9)10/h6H,4-5H2,1-3H3,(H,9,10). The lowest BCUT2D eigenvalue weighted by atomic mass is 10.3. The van der Waals surface area contributed by atoms with Crippen LogP contribution in [0.25, 0.3) is 0 Å². The number of sulfonamides is 1. The minimum Gasteiger partial charge on any atom is -0.480 e. The van der Waals surface area contributed by atoms with Crippen molar-refractivity contribution in [2.75, 3.05) is 19.3 Å². The van der Waals surface area contributed by atoms with E-state index in [9.17, 15) is 13.2 Å². The van der Waals surface area contributed by atoms with Crippen molar-refractivity contribution in [3.63, 3.8) is 0 Å². The Morgan fingerprint density at radius 2 is 1.92 bits per heavy atom. The molecule has 0 aromatic rings. The fraction of sp³-hybridized carbons (Fsp3) is 0.857. The van der Waals surface area contributed by atoms with Crippen molar-refractivity contribution in [1.29, 1.82) is 0 Å². The molecule has 0 spiro atoms. The first-order valence-electron chi connectivity index (χ1n) is 3.91. The second-order valence-corrected chi connectivity index (χ2v) is 5.44. The largest absolute Gasteiger partial charge is 0.480 e. The SMILES string of the molecule is CC(C)CS(=O)(=O)N(C)CC(=O)O. The average molecular weight is 209 g/mol. The Hall–Kier alpha value is -0.620. The smallest absolute Gasteiger partial charge is 0.318 e. The Balaban J connectivity index is 4.37. The van der Waals surface area contributed by atoms with Crippen LogP contribution in [0.2, 0.25) is 0 Å². The second-order valence-electron chi connectivity index (χ2n) is 3.32. The van der Waals surface area contributed by atoms with Crippen LogP contribution in [0.1, 0.15) is 13.8 Å². The van der Waals surface area contributed by atoms with Crippen LogP contribution in [0.15, 0.2) is 0 Å². The second kappa shape index (κ2) is 4.57. The highest BCUT2D eigenvalue weighted by molar-refractivity contribution is 7.89. The first kappa shape index (κ1) is 12.4. The zero-order valence-electron chi connectivity index (χ0n) is 8.02. The van der Waals surface area contributed by atoms with Crippen LogP contribution in [0.3, 0.4) is 0 Å². The molecule has 78 valence electrons. The summed E-state index contributed by atoms with van der Waals surface area (Å²) >= 11 is 0. The molecule has 0 rings (SSSR count). The number of hydrogen-bond acceptors (Lipinski definition) is 3. The molecule has 0 aliphatic heterocycles. The molecule has 0 fully saturated rings. The van der Waals surface area contributed by atoms with Gasteiger partial charge in [0.25, 0.3) is 0 Å². The molecule has 0 unspecified atom stereocenters. The lowest BCUT2D eigenvalue weighted by molar-refractivity contribution is -0.137. The molecule has 0 amide bonds. The maximum Gasteiger partial charge on any atom is 0.318 e. The molecule has 0 aromatic carbocycles. The minimum atomic E-state index is -3.40. The topological polar surface area (TPSA) is 74.7 Å². The maximum atomic E-state index is 11.3. The molecule has 0 atom stereocenters. The Morgan fingerprint density at radius 1 is 1.46 bits per heavy atom. The molecule has 5 nitrogen and oxygen atoms in total. The van der Waals surface area contributed by atoms with E-state index in [1.807, 2.05) is 0 Å².